The summed E-state index contributed by atoms with van der Waals surface area (Å²) in [6, 6.07) is 7.68. The number of carbonyl (C=O) groups is 2. The molecular weight excluding hydrogens is 244 g/mol. The number of likely N-dealkylation sites (N-methyl/N-ethyl adjacent to an activating group) is 1. The van der Waals surface area contributed by atoms with Gasteiger partial charge in [-0.3, -0.25) is 9.59 Å². The molecule has 0 aliphatic rings. The summed E-state index contributed by atoms with van der Waals surface area (Å²) in [5.41, 5.74) is 1.82. The molecule has 0 aliphatic heterocycles. The minimum absolute atomic E-state index is 0.0734. The van der Waals surface area contributed by atoms with Crippen LogP contribution in [0.4, 0.5) is 0 Å². The number of H-pyrrole nitrogens is 1. The quantitative estimate of drug-likeness (QED) is 0.735. The number of rotatable bonds is 3. The topological polar surface area (TPSA) is 82.2 Å². The van der Waals surface area contributed by atoms with Crippen molar-refractivity contribution in [2.75, 3.05) is 7.05 Å². The summed E-state index contributed by atoms with van der Waals surface area (Å²) in [7, 11) is 1.56. The summed E-state index contributed by atoms with van der Waals surface area (Å²) in [6.45, 7) is 3.22. The van der Waals surface area contributed by atoms with E-state index in [1.807, 2.05) is 24.3 Å². The van der Waals surface area contributed by atoms with Crippen LogP contribution < -0.4 is 5.32 Å². The second-order valence-corrected chi connectivity index (χ2v) is 3.75. The lowest BCUT2D eigenvalue weighted by Crippen LogP contribution is -2.13. The Morgan fingerprint density at radius 3 is 2.63 bits per heavy atom. The monoisotopic (exact) mass is 260 g/mol. The molecule has 0 bridgehead atoms. The van der Waals surface area contributed by atoms with Crippen LogP contribution in [-0.4, -0.2) is 29.0 Å². The molecule has 5 heteroatoms. The fraction of sp³-hybridized carbons (Fsp3) is 0.143. The maximum atomic E-state index is 10.5. The van der Waals surface area contributed by atoms with Gasteiger partial charge in [-0.25, -0.2) is 0 Å². The Labute approximate surface area is 110 Å². The van der Waals surface area contributed by atoms with E-state index in [0.717, 1.165) is 16.5 Å². The molecule has 0 spiro atoms. The predicted octanol–water partition coefficient (Wildman–Crippen LogP) is 1.71. The van der Waals surface area contributed by atoms with E-state index in [1.165, 1.54) is 6.08 Å². The van der Waals surface area contributed by atoms with Crippen molar-refractivity contribution in [3.63, 3.8) is 0 Å². The molecule has 1 aromatic carbocycles. The van der Waals surface area contributed by atoms with Crippen LogP contribution in [0.25, 0.3) is 10.9 Å². The van der Waals surface area contributed by atoms with Gasteiger partial charge >= 0.3 is 5.97 Å². The number of aromatic amines is 1. The Balaban J connectivity index is 0.000000258. The Hall–Kier alpha value is -2.56. The van der Waals surface area contributed by atoms with E-state index in [-0.39, 0.29) is 12.3 Å². The van der Waals surface area contributed by atoms with Gasteiger partial charge in [-0.1, -0.05) is 24.8 Å². The number of nitrogens with one attached hydrogen (secondary N) is 2. The fourth-order valence-corrected chi connectivity index (χ4v) is 1.54. The minimum atomic E-state index is -0.801. The van der Waals surface area contributed by atoms with E-state index >= 15 is 0 Å². The molecule has 2 rings (SSSR count). The molecule has 0 aliphatic carbocycles. The van der Waals surface area contributed by atoms with Crippen molar-refractivity contribution in [2.45, 2.75) is 6.42 Å². The number of carbonyl (C=O) groups excluding carboxylic acids is 1. The molecule has 0 atom stereocenters. The molecule has 100 valence electrons. The third-order valence-electron chi connectivity index (χ3n) is 2.45. The first-order valence-corrected chi connectivity index (χ1v) is 5.69. The molecule has 0 unspecified atom stereocenters. The minimum Gasteiger partial charge on any atom is -0.481 e. The van der Waals surface area contributed by atoms with Crippen molar-refractivity contribution in [3.05, 3.63) is 48.7 Å². The van der Waals surface area contributed by atoms with Gasteiger partial charge in [0.05, 0.1) is 6.42 Å². The summed E-state index contributed by atoms with van der Waals surface area (Å²) in [6.07, 6.45) is 3.04. The highest BCUT2D eigenvalue weighted by Gasteiger charge is 2.05. The summed E-state index contributed by atoms with van der Waals surface area (Å²) in [5.74, 6) is -0.945. The third kappa shape index (κ3) is 4.31. The molecule has 1 aromatic heterocycles. The number of fused-ring (bicyclic) bond motifs is 1. The highest BCUT2D eigenvalue weighted by molar-refractivity contribution is 5.87. The molecule has 1 heterocycles. The number of benzene rings is 1. The van der Waals surface area contributed by atoms with Gasteiger partial charge in [-0.15, -0.1) is 0 Å². The van der Waals surface area contributed by atoms with Crippen molar-refractivity contribution in [1.29, 1.82) is 0 Å². The van der Waals surface area contributed by atoms with Crippen molar-refractivity contribution in [2.24, 2.45) is 0 Å². The van der Waals surface area contributed by atoms with Gasteiger partial charge in [0.1, 0.15) is 0 Å². The van der Waals surface area contributed by atoms with Crippen molar-refractivity contribution >= 4 is 22.8 Å². The molecule has 2 aromatic rings. The smallest absolute Gasteiger partial charge is 0.307 e. The van der Waals surface area contributed by atoms with Crippen molar-refractivity contribution < 1.29 is 14.7 Å². The molecule has 5 nitrogen and oxygen atoms in total. The van der Waals surface area contributed by atoms with E-state index in [0.29, 0.717) is 0 Å². The molecule has 19 heavy (non-hydrogen) atoms. The van der Waals surface area contributed by atoms with Gasteiger partial charge in [-0.2, -0.15) is 0 Å². The molecule has 0 saturated heterocycles. The highest BCUT2D eigenvalue weighted by atomic mass is 16.4. The second-order valence-electron chi connectivity index (χ2n) is 3.75. The van der Waals surface area contributed by atoms with E-state index in [4.69, 9.17) is 5.11 Å². The summed E-state index contributed by atoms with van der Waals surface area (Å²) in [5, 5.41) is 12.0. The zero-order valence-corrected chi connectivity index (χ0v) is 10.6. The van der Waals surface area contributed by atoms with Crippen LogP contribution in [0.5, 0.6) is 0 Å². The van der Waals surface area contributed by atoms with Crippen LogP contribution in [-0.2, 0) is 16.0 Å². The van der Waals surface area contributed by atoms with Crippen LogP contribution in [0.1, 0.15) is 5.56 Å². The lowest BCUT2D eigenvalue weighted by Gasteiger charge is -1.92. The molecule has 0 fully saturated rings. The van der Waals surface area contributed by atoms with Crippen molar-refractivity contribution in [3.8, 4) is 0 Å². The summed E-state index contributed by atoms with van der Waals surface area (Å²) in [4.78, 5) is 23.5. The van der Waals surface area contributed by atoms with Crippen LogP contribution in [0.3, 0.4) is 0 Å². The molecule has 3 N–H and O–H groups in total. The zero-order chi connectivity index (χ0) is 14.3. The maximum Gasteiger partial charge on any atom is 0.307 e. The number of carboxylic acid groups (broad SMARTS) is 1. The average Bonchev–Trinajstić information content (AvgIpc) is 2.81. The van der Waals surface area contributed by atoms with Gasteiger partial charge in [0.15, 0.2) is 0 Å². The van der Waals surface area contributed by atoms with Gasteiger partial charge in [0.2, 0.25) is 5.91 Å². The predicted molar refractivity (Wildman–Crippen MR) is 73.9 cm³/mol. The van der Waals surface area contributed by atoms with Crippen LogP contribution in [0, 0.1) is 0 Å². The first-order chi connectivity index (χ1) is 9.08. The maximum absolute atomic E-state index is 10.5. The number of carboxylic acids is 1. The van der Waals surface area contributed by atoms with E-state index < -0.39 is 5.97 Å². The largest absolute Gasteiger partial charge is 0.481 e. The van der Waals surface area contributed by atoms with Crippen LogP contribution in [0.15, 0.2) is 43.1 Å². The number of para-hydroxylation sites is 1. The summed E-state index contributed by atoms with van der Waals surface area (Å²) >= 11 is 0. The number of amides is 1. The lowest BCUT2D eigenvalue weighted by molar-refractivity contribution is -0.136. The number of hydrogen-bond donors (Lipinski definition) is 3. The Bertz CT molecular complexity index is 587. The SMILES string of the molecule is C=CC(=O)NC.O=C(O)Cc1c[nH]c2ccccc12. The van der Waals surface area contributed by atoms with Gasteiger partial charge in [0, 0.05) is 24.1 Å². The van der Waals surface area contributed by atoms with E-state index in [2.05, 4.69) is 16.9 Å². The second kappa shape index (κ2) is 7.00. The first kappa shape index (κ1) is 14.5. The molecule has 0 radical (unpaired) electrons. The zero-order valence-electron chi connectivity index (χ0n) is 10.6. The average molecular weight is 260 g/mol. The fourth-order valence-electron chi connectivity index (χ4n) is 1.54. The van der Waals surface area contributed by atoms with Gasteiger partial charge in [-0.05, 0) is 17.7 Å². The summed E-state index contributed by atoms with van der Waals surface area (Å²) < 4.78 is 0. The Kier molecular flexibility index (Phi) is 5.35. The van der Waals surface area contributed by atoms with Gasteiger partial charge in [0.25, 0.3) is 0 Å². The van der Waals surface area contributed by atoms with Crippen molar-refractivity contribution in [1.82, 2.24) is 10.3 Å². The van der Waals surface area contributed by atoms with Crippen LogP contribution in [0.2, 0.25) is 0 Å². The highest BCUT2D eigenvalue weighted by Crippen LogP contribution is 2.17. The Morgan fingerprint density at radius 1 is 1.42 bits per heavy atom. The molecule has 0 saturated carbocycles. The third-order valence-corrected chi connectivity index (χ3v) is 2.45. The number of aromatic nitrogens is 1. The molecule has 1 amide bonds. The first-order valence-electron chi connectivity index (χ1n) is 5.69. The number of aliphatic carboxylic acids is 1. The van der Waals surface area contributed by atoms with Crippen LogP contribution >= 0.6 is 0 Å². The molecular formula is C14H16N2O3. The van der Waals surface area contributed by atoms with E-state index in [1.54, 1.807) is 13.2 Å². The van der Waals surface area contributed by atoms with Gasteiger partial charge < -0.3 is 15.4 Å². The standard InChI is InChI=1S/C10H9NO2.C4H7NO/c12-10(13)5-7-6-11-9-4-2-1-3-8(7)9;1-3-4(6)5-2/h1-4,6,11H,5H2,(H,12,13);3H,1H2,2H3,(H,5,6). The van der Waals surface area contributed by atoms with E-state index in [9.17, 15) is 9.59 Å². The lowest BCUT2D eigenvalue weighted by atomic mass is 10.1. The Morgan fingerprint density at radius 2 is 2.11 bits per heavy atom. The normalized spacial score (nSPS) is 9.32. The number of hydrogen-bond acceptors (Lipinski definition) is 2.